The Bertz CT molecular complexity index is 275. The van der Waals surface area contributed by atoms with Gasteiger partial charge in [-0.05, 0) is 13.8 Å². The molecule has 5 heteroatoms. The summed E-state index contributed by atoms with van der Waals surface area (Å²) in [7, 11) is 0. The van der Waals surface area contributed by atoms with Crippen molar-refractivity contribution in [3.8, 4) is 0 Å². The summed E-state index contributed by atoms with van der Waals surface area (Å²) in [5.41, 5.74) is 0.554. The van der Waals surface area contributed by atoms with E-state index in [0.29, 0.717) is 12.3 Å². The van der Waals surface area contributed by atoms with Gasteiger partial charge in [-0.2, -0.15) is 4.74 Å². The van der Waals surface area contributed by atoms with Crippen LogP contribution in [0.3, 0.4) is 0 Å². The van der Waals surface area contributed by atoms with Crippen molar-refractivity contribution in [2.24, 2.45) is 0 Å². The molecule has 0 spiro atoms. The van der Waals surface area contributed by atoms with Gasteiger partial charge in [0.1, 0.15) is 6.04 Å². The Balaban J connectivity index is 2.85. The standard InChI is InChI=1S/C9H16N2O3/c1-5-14-8(4)9-10(12)6(2)7(3)11(9)13/h6,9,12H,4-5H2,1-3H3. The predicted molar refractivity (Wildman–Crippen MR) is 51.9 cm³/mol. The third kappa shape index (κ3) is 1.60. The molecule has 1 aliphatic heterocycles. The molecule has 0 aromatic rings. The van der Waals surface area contributed by atoms with Crippen molar-refractivity contribution in [2.45, 2.75) is 33.0 Å². The van der Waals surface area contributed by atoms with E-state index < -0.39 is 6.17 Å². The second-order valence-electron chi connectivity index (χ2n) is 3.30. The molecule has 80 valence electrons. The van der Waals surface area contributed by atoms with Gasteiger partial charge < -0.3 is 15.2 Å². The van der Waals surface area contributed by atoms with Crippen LogP contribution >= 0.6 is 0 Å². The minimum atomic E-state index is -0.815. The lowest BCUT2D eigenvalue weighted by Crippen LogP contribution is -2.38. The molecule has 2 atom stereocenters. The molecule has 0 aliphatic carbocycles. The van der Waals surface area contributed by atoms with Gasteiger partial charge in [0.05, 0.1) is 6.61 Å². The molecule has 2 unspecified atom stereocenters. The molecule has 0 saturated carbocycles. The van der Waals surface area contributed by atoms with Crippen molar-refractivity contribution >= 4 is 5.71 Å². The maximum absolute atomic E-state index is 11.6. The highest BCUT2D eigenvalue weighted by Gasteiger charge is 2.42. The maximum Gasteiger partial charge on any atom is 0.298 e. The number of hydrogen-bond donors (Lipinski definition) is 1. The van der Waals surface area contributed by atoms with Crippen LogP contribution < -0.4 is 0 Å². The van der Waals surface area contributed by atoms with Crippen LogP contribution in [0.4, 0.5) is 0 Å². The molecular weight excluding hydrogens is 184 g/mol. The number of nitrogens with zero attached hydrogens (tertiary/aromatic N) is 2. The fourth-order valence-corrected chi connectivity index (χ4v) is 1.43. The highest BCUT2D eigenvalue weighted by atomic mass is 16.6. The van der Waals surface area contributed by atoms with Crippen LogP contribution in [-0.4, -0.2) is 39.5 Å². The van der Waals surface area contributed by atoms with E-state index in [1.54, 1.807) is 20.8 Å². The Morgan fingerprint density at radius 3 is 2.71 bits per heavy atom. The molecule has 0 bridgehead atoms. The fourth-order valence-electron chi connectivity index (χ4n) is 1.43. The van der Waals surface area contributed by atoms with Crippen LogP contribution in [0, 0.1) is 5.21 Å². The summed E-state index contributed by atoms with van der Waals surface area (Å²) in [4.78, 5) is 0. The van der Waals surface area contributed by atoms with E-state index in [2.05, 4.69) is 6.58 Å². The molecule has 0 amide bonds. The minimum Gasteiger partial charge on any atom is -0.622 e. The van der Waals surface area contributed by atoms with Gasteiger partial charge in [-0.25, -0.2) is 0 Å². The summed E-state index contributed by atoms with van der Waals surface area (Å²) in [6.07, 6.45) is -0.815. The summed E-state index contributed by atoms with van der Waals surface area (Å²) in [5.74, 6) is 0.272. The second kappa shape index (κ2) is 3.98. The first-order valence-corrected chi connectivity index (χ1v) is 4.59. The summed E-state index contributed by atoms with van der Waals surface area (Å²) in [6.45, 7) is 9.28. The lowest BCUT2D eigenvalue weighted by atomic mass is 10.2. The molecule has 1 N–H and O–H groups in total. The topological polar surface area (TPSA) is 58.8 Å². The van der Waals surface area contributed by atoms with Crippen LogP contribution in [0.5, 0.6) is 0 Å². The van der Waals surface area contributed by atoms with Gasteiger partial charge in [0.15, 0.2) is 11.5 Å². The van der Waals surface area contributed by atoms with E-state index >= 15 is 0 Å². The zero-order chi connectivity index (χ0) is 10.9. The first-order chi connectivity index (χ1) is 6.50. The van der Waals surface area contributed by atoms with E-state index in [1.807, 2.05) is 0 Å². The Kier molecular flexibility index (Phi) is 3.13. The first kappa shape index (κ1) is 11.0. The van der Waals surface area contributed by atoms with Crippen LogP contribution in [0.25, 0.3) is 0 Å². The van der Waals surface area contributed by atoms with Crippen LogP contribution in [0.15, 0.2) is 12.3 Å². The Morgan fingerprint density at radius 1 is 1.79 bits per heavy atom. The minimum absolute atomic E-state index is 0.272. The summed E-state index contributed by atoms with van der Waals surface area (Å²) in [5, 5.41) is 22.2. The average Bonchev–Trinajstić information content (AvgIpc) is 2.32. The van der Waals surface area contributed by atoms with Crippen molar-refractivity contribution in [1.29, 1.82) is 0 Å². The monoisotopic (exact) mass is 200 g/mol. The van der Waals surface area contributed by atoms with Crippen LogP contribution in [0.1, 0.15) is 20.8 Å². The molecule has 0 saturated heterocycles. The third-order valence-corrected chi connectivity index (χ3v) is 2.44. The number of rotatable bonds is 3. The molecule has 0 fully saturated rings. The normalized spacial score (nSPS) is 28.3. The van der Waals surface area contributed by atoms with Crippen molar-refractivity contribution in [2.75, 3.05) is 6.61 Å². The average molecular weight is 200 g/mol. The van der Waals surface area contributed by atoms with Gasteiger partial charge in [-0.1, -0.05) is 6.58 Å². The molecule has 0 aromatic carbocycles. The lowest BCUT2D eigenvalue weighted by molar-refractivity contribution is -0.529. The van der Waals surface area contributed by atoms with Crippen LogP contribution in [-0.2, 0) is 4.74 Å². The summed E-state index contributed by atoms with van der Waals surface area (Å²) < 4.78 is 5.84. The van der Waals surface area contributed by atoms with Crippen molar-refractivity contribution in [1.82, 2.24) is 5.06 Å². The van der Waals surface area contributed by atoms with E-state index in [1.165, 1.54) is 0 Å². The van der Waals surface area contributed by atoms with E-state index in [9.17, 15) is 10.4 Å². The number of hydrogen-bond acceptors (Lipinski definition) is 4. The molecule has 0 aromatic heterocycles. The molecule has 0 radical (unpaired) electrons. The smallest absolute Gasteiger partial charge is 0.298 e. The lowest BCUT2D eigenvalue weighted by Gasteiger charge is -2.19. The SMILES string of the molecule is C=C(OCC)C1N(O)C(C)C(C)=[N+]1[O-]. The Labute approximate surface area is 83.4 Å². The summed E-state index contributed by atoms with van der Waals surface area (Å²) in [6, 6.07) is -0.297. The maximum atomic E-state index is 11.6. The Hall–Kier alpha value is -1.07. The van der Waals surface area contributed by atoms with Crippen LogP contribution in [0.2, 0.25) is 0 Å². The zero-order valence-electron chi connectivity index (χ0n) is 8.73. The largest absolute Gasteiger partial charge is 0.622 e. The highest BCUT2D eigenvalue weighted by Crippen LogP contribution is 2.19. The second-order valence-corrected chi connectivity index (χ2v) is 3.30. The predicted octanol–water partition coefficient (Wildman–Crippen LogP) is 0.927. The number of ether oxygens (including phenoxy) is 1. The van der Waals surface area contributed by atoms with E-state index in [-0.39, 0.29) is 11.8 Å². The molecule has 5 nitrogen and oxygen atoms in total. The quantitative estimate of drug-likeness (QED) is 0.418. The van der Waals surface area contributed by atoms with Gasteiger partial charge in [0.25, 0.3) is 6.17 Å². The molecular formula is C9H16N2O3. The zero-order valence-corrected chi connectivity index (χ0v) is 8.73. The first-order valence-electron chi connectivity index (χ1n) is 4.59. The van der Waals surface area contributed by atoms with Crippen molar-refractivity contribution < 1.29 is 14.7 Å². The summed E-state index contributed by atoms with van der Waals surface area (Å²) >= 11 is 0. The number of hydroxylamine groups is 3. The van der Waals surface area contributed by atoms with Gasteiger partial charge in [0, 0.05) is 6.92 Å². The van der Waals surface area contributed by atoms with E-state index in [4.69, 9.17) is 4.74 Å². The van der Waals surface area contributed by atoms with E-state index in [0.717, 1.165) is 9.80 Å². The third-order valence-electron chi connectivity index (χ3n) is 2.44. The van der Waals surface area contributed by atoms with Gasteiger partial charge in [0.2, 0.25) is 0 Å². The van der Waals surface area contributed by atoms with Crippen molar-refractivity contribution in [3.05, 3.63) is 17.5 Å². The highest BCUT2D eigenvalue weighted by molar-refractivity contribution is 5.83. The molecule has 1 heterocycles. The van der Waals surface area contributed by atoms with Gasteiger partial charge >= 0.3 is 0 Å². The van der Waals surface area contributed by atoms with Gasteiger partial charge in [-0.15, -0.1) is 5.06 Å². The molecule has 14 heavy (non-hydrogen) atoms. The molecule has 1 rings (SSSR count). The van der Waals surface area contributed by atoms with Gasteiger partial charge in [-0.3, -0.25) is 0 Å². The molecule has 1 aliphatic rings. The van der Waals surface area contributed by atoms with Crippen molar-refractivity contribution in [3.63, 3.8) is 0 Å². The fraction of sp³-hybridized carbons (Fsp3) is 0.667. The Morgan fingerprint density at radius 2 is 2.36 bits per heavy atom.